The van der Waals surface area contributed by atoms with Crippen molar-refractivity contribution in [3.63, 3.8) is 0 Å². The largest absolute Gasteiger partial charge is 0.433 e. The molecule has 1 saturated carbocycles. The van der Waals surface area contributed by atoms with Crippen molar-refractivity contribution in [1.82, 2.24) is 19.9 Å². The number of halogens is 3. The Kier molecular flexibility index (Phi) is 2.96. The minimum Gasteiger partial charge on any atom is -0.304 e. The summed E-state index contributed by atoms with van der Waals surface area (Å²) in [6.07, 6.45) is 2.62. The molecule has 1 atom stereocenters. The monoisotopic (exact) mass is 359 g/mol. The zero-order valence-corrected chi connectivity index (χ0v) is 13.3. The topological polar surface area (TPSA) is 72.2 Å². The number of aliphatic imine (C=N–C) groups is 1. The number of urea groups is 1. The van der Waals surface area contributed by atoms with Gasteiger partial charge in [0.2, 0.25) is 0 Å². The zero-order chi connectivity index (χ0) is 18.1. The number of fused-ring (bicyclic) bond motifs is 2. The predicted molar refractivity (Wildman–Crippen MR) is 86.7 cm³/mol. The molecule has 1 unspecified atom stereocenters. The summed E-state index contributed by atoms with van der Waals surface area (Å²) in [7, 11) is 0. The van der Waals surface area contributed by atoms with Crippen molar-refractivity contribution < 1.29 is 18.0 Å². The molecule has 6 nitrogen and oxygen atoms in total. The smallest absolute Gasteiger partial charge is 0.304 e. The van der Waals surface area contributed by atoms with Crippen LogP contribution in [0.25, 0.3) is 11.2 Å². The zero-order valence-electron chi connectivity index (χ0n) is 13.3. The van der Waals surface area contributed by atoms with Crippen LogP contribution in [0.2, 0.25) is 0 Å². The van der Waals surface area contributed by atoms with Crippen LogP contribution in [0.5, 0.6) is 0 Å². The number of aromatic nitrogens is 3. The van der Waals surface area contributed by atoms with Crippen LogP contribution in [0.1, 0.15) is 36.3 Å². The van der Waals surface area contributed by atoms with Gasteiger partial charge in [0.05, 0.1) is 17.5 Å². The quantitative estimate of drug-likeness (QED) is 0.892. The average Bonchev–Trinajstić information content (AvgIpc) is 3.25. The van der Waals surface area contributed by atoms with Gasteiger partial charge in [0.15, 0.2) is 5.65 Å². The molecule has 3 aliphatic rings. The second-order valence-electron chi connectivity index (χ2n) is 6.51. The van der Waals surface area contributed by atoms with Crippen LogP contribution in [0, 0.1) is 0 Å². The van der Waals surface area contributed by atoms with E-state index in [0.717, 1.165) is 24.7 Å². The number of alkyl halides is 3. The van der Waals surface area contributed by atoms with E-state index in [2.05, 4.69) is 20.3 Å². The first kappa shape index (κ1) is 15.3. The van der Waals surface area contributed by atoms with Gasteiger partial charge in [-0.15, -0.1) is 0 Å². The van der Waals surface area contributed by atoms with Gasteiger partial charge < -0.3 is 9.88 Å². The summed E-state index contributed by atoms with van der Waals surface area (Å²) in [6, 6.07) is 1.47. The summed E-state index contributed by atoms with van der Waals surface area (Å²) in [4.78, 5) is 23.6. The third-order valence-electron chi connectivity index (χ3n) is 4.62. The number of rotatable bonds is 2. The third kappa shape index (κ3) is 2.34. The number of allylic oxidation sites excluding steroid dienone is 3. The summed E-state index contributed by atoms with van der Waals surface area (Å²) < 4.78 is 41.0. The molecule has 0 saturated heterocycles. The Morgan fingerprint density at radius 3 is 2.73 bits per heavy atom. The molecule has 1 N–H and O–H groups in total. The van der Waals surface area contributed by atoms with Gasteiger partial charge in [0.1, 0.15) is 17.0 Å². The second kappa shape index (κ2) is 5.03. The van der Waals surface area contributed by atoms with Gasteiger partial charge in [-0.3, -0.25) is 0 Å². The van der Waals surface area contributed by atoms with Crippen molar-refractivity contribution >= 4 is 22.9 Å². The first-order valence-corrected chi connectivity index (χ1v) is 8.16. The molecular weight excluding hydrogens is 347 g/mol. The van der Waals surface area contributed by atoms with Crippen LogP contribution in [-0.4, -0.2) is 26.3 Å². The summed E-state index contributed by atoms with van der Waals surface area (Å²) >= 11 is 0. The Morgan fingerprint density at radius 2 is 2.00 bits per heavy atom. The maximum Gasteiger partial charge on any atom is 0.433 e. The van der Waals surface area contributed by atoms with Crippen LogP contribution < -0.4 is 5.32 Å². The molecule has 26 heavy (non-hydrogen) atoms. The van der Waals surface area contributed by atoms with Gasteiger partial charge in [-0.05, 0) is 37.1 Å². The van der Waals surface area contributed by atoms with E-state index in [9.17, 15) is 18.0 Å². The van der Waals surface area contributed by atoms with E-state index >= 15 is 0 Å². The highest BCUT2D eigenvalue weighted by Crippen LogP contribution is 2.42. The number of pyridine rings is 1. The molecule has 0 radical (unpaired) electrons. The molecule has 2 aromatic heterocycles. The Bertz CT molecular complexity index is 1040. The number of carbonyl (C=O) groups excluding carboxylic acids is 1. The fourth-order valence-electron chi connectivity index (χ4n) is 3.28. The van der Waals surface area contributed by atoms with E-state index in [1.807, 2.05) is 0 Å². The normalized spacial score (nSPS) is 22.3. The lowest BCUT2D eigenvalue weighted by atomic mass is 10.1. The fraction of sp³-hybridized carbons (Fsp3) is 0.294. The number of nitrogens with zero attached hydrogens (tertiary/aromatic N) is 4. The lowest BCUT2D eigenvalue weighted by Crippen LogP contribution is -2.20. The van der Waals surface area contributed by atoms with Crippen LogP contribution in [-0.2, 0) is 6.18 Å². The molecular formula is C17H12F3N5O. The first-order chi connectivity index (χ1) is 12.4. The van der Waals surface area contributed by atoms with Gasteiger partial charge in [-0.2, -0.15) is 18.2 Å². The predicted octanol–water partition coefficient (Wildman–Crippen LogP) is 3.49. The Morgan fingerprint density at radius 1 is 1.19 bits per heavy atom. The minimum absolute atomic E-state index is 0.193. The molecule has 3 heterocycles. The highest BCUT2D eigenvalue weighted by atomic mass is 19.4. The molecule has 1 fully saturated rings. The van der Waals surface area contributed by atoms with Gasteiger partial charge >= 0.3 is 12.2 Å². The van der Waals surface area contributed by atoms with Crippen molar-refractivity contribution in [2.45, 2.75) is 31.0 Å². The maximum absolute atomic E-state index is 13.1. The molecule has 2 amide bonds. The fourth-order valence-corrected chi connectivity index (χ4v) is 3.28. The first-order valence-electron chi connectivity index (χ1n) is 8.16. The van der Waals surface area contributed by atoms with Crippen molar-refractivity contribution in [1.29, 1.82) is 0 Å². The van der Waals surface area contributed by atoms with Crippen molar-refractivity contribution in [2.75, 3.05) is 0 Å². The third-order valence-corrected chi connectivity index (χ3v) is 4.62. The van der Waals surface area contributed by atoms with E-state index in [4.69, 9.17) is 0 Å². The molecule has 132 valence electrons. The van der Waals surface area contributed by atoms with Gasteiger partial charge in [-0.25, -0.2) is 14.8 Å². The average molecular weight is 359 g/mol. The van der Waals surface area contributed by atoms with Crippen LogP contribution in [0.3, 0.4) is 0 Å². The number of hydrogen-bond acceptors (Lipinski definition) is 3. The van der Waals surface area contributed by atoms with Crippen LogP contribution >= 0.6 is 0 Å². The van der Waals surface area contributed by atoms with Gasteiger partial charge in [0, 0.05) is 5.92 Å². The molecule has 2 aromatic rings. The van der Waals surface area contributed by atoms with Crippen molar-refractivity contribution in [2.24, 2.45) is 4.99 Å². The standard InChI is InChI=1S/C17H12F3N5O/c18-17(19,20)13-6-5-11-15(24-13)25(14(21-11)8-1-2-8)9-3-4-10-12(7-9)23-16(26)22-10/h3-9H,1-2H2,(H,23,26). The van der Waals surface area contributed by atoms with Gasteiger partial charge in [0.25, 0.3) is 0 Å². The van der Waals surface area contributed by atoms with E-state index in [0.29, 0.717) is 16.9 Å². The Hall–Kier alpha value is -2.97. The van der Waals surface area contributed by atoms with E-state index in [-0.39, 0.29) is 17.6 Å². The highest BCUT2D eigenvalue weighted by molar-refractivity contribution is 6.19. The SMILES string of the molecule is O=C1N=C2C=CC(n3c(C4CC4)nc4ccc(C(F)(F)F)nc43)C=C2N1. The summed E-state index contributed by atoms with van der Waals surface area (Å²) in [5.41, 5.74) is 0.752. The van der Waals surface area contributed by atoms with Crippen molar-refractivity contribution in [3.05, 3.63) is 47.6 Å². The lowest BCUT2D eigenvalue weighted by Gasteiger charge is -2.19. The van der Waals surface area contributed by atoms with E-state index < -0.39 is 17.9 Å². The van der Waals surface area contributed by atoms with Crippen LogP contribution in [0.15, 0.2) is 41.1 Å². The Balaban J connectivity index is 1.68. The molecule has 1 aliphatic heterocycles. The maximum atomic E-state index is 13.1. The summed E-state index contributed by atoms with van der Waals surface area (Å²) in [5, 5.41) is 2.63. The number of imidazole rings is 1. The molecule has 0 bridgehead atoms. The molecule has 2 aliphatic carbocycles. The minimum atomic E-state index is -4.52. The molecule has 0 spiro atoms. The molecule has 0 aromatic carbocycles. The lowest BCUT2D eigenvalue weighted by molar-refractivity contribution is -0.141. The second-order valence-corrected chi connectivity index (χ2v) is 6.51. The van der Waals surface area contributed by atoms with Crippen LogP contribution in [0.4, 0.5) is 18.0 Å². The number of amides is 2. The molecule has 5 rings (SSSR count). The number of hydrogen-bond donors (Lipinski definition) is 1. The summed E-state index contributed by atoms with van der Waals surface area (Å²) in [5.74, 6) is 0.946. The number of nitrogens with one attached hydrogen (secondary N) is 1. The number of carbonyl (C=O) groups is 1. The van der Waals surface area contributed by atoms with E-state index in [1.165, 1.54) is 6.07 Å². The van der Waals surface area contributed by atoms with E-state index in [1.54, 1.807) is 22.8 Å². The highest BCUT2D eigenvalue weighted by Gasteiger charge is 2.36. The Labute approximate surface area is 145 Å². The van der Waals surface area contributed by atoms with Gasteiger partial charge in [-0.1, -0.05) is 6.08 Å². The summed E-state index contributed by atoms with van der Waals surface area (Å²) in [6.45, 7) is 0. The van der Waals surface area contributed by atoms with Crippen molar-refractivity contribution in [3.8, 4) is 0 Å². The molecule has 9 heteroatoms.